The smallest absolute Gasteiger partial charge is 0.261 e. The van der Waals surface area contributed by atoms with Crippen LogP contribution in [0.1, 0.15) is 40.5 Å². The Balaban J connectivity index is 0.00000208. The molecule has 2 aliphatic rings. The van der Waals surface area contributed by atoms with Crippen molar-refractivity contribution in [1.29, 1.82) is 0 Å². The van der Waals surface area contributed by atoms with Crippen molar-refractivity contribution >= 4 is 41.8 Å². The number of halogens is 1. The van der Waals surface area contributed by atoms with Crippen molar-refractivity contribution in [2.75, 3.05) is 26.2 Å². The molecule has 0 spiro atoms. The number of carbonyl (C=O) groups excluding carboxylic acids is 2. The molecule has 0 atom stereocenters. The molecule has 0 aromatic heterocycles. The van der Waals surface area contributed by atoms with E-state index in [1.54, 1.807) is 24.3 Å². The maximum absolute atomic E-state index is 12.3. The molecule has 1 aromatic carbocycles. The van der Waals surface area contributed by atoms with Crippen molar-refractivity contribution in [3.63, 3.8) is 0 Å². The number of aliphatic imine (C=N–C) groups is 1. The van der Waals surface area contributed by atoms with Crippen molar-refractivity contribution in [2.24, 2.45) is 10.9 Å². The normalized spacial score (nSPS) is 16.7. The molecule has 2 N–H and O–H groups in total. The number of carbonyl (C=O) groups is 2. The highest BCUT2D eigenvalue weighted by atomic mass is 127. The summed E-state index contributed by atoms with van der Waals surface area (Å²) in [5, 5.41) is 6.37. The molecule has 3 rings (SSSR count). The van der Waals surface area contributed by atoms with Gasteiger partial charge in [0.1, 0.15) is 0 Å². The van der Waals surface area contributed by atoms with Gasteiger partial charge in [-0.3, -0.25) is 19.5 Å². The van der Waals surface area contributed by atoms with E-state index in [0.29, 0.717) is 24.2 Å². The standard InChI is InChI=1S/C17H22N4O2.HI/c1-2-18-17(20-11-12-7-8-12)19-9-10-21-15(22)13-5-3-4-6-14(13)16(21)23;/h3-6,12H,2,7-11H2,1H3,(H2,18,19,20);1H. The summed E-state index contributed by atoms with van der Waals surface area (Å²) in [6, 6.07) is 6.95. The van der Waals surface area contributed by atoms with Crippen LogP contribution in [0, 0.1) is 5.92 Å². The van der Waals surface area contributed by atoms with E-state index >= 15 is 0 Å². The average molecular weight is 442 g/mol. The Kier molecular flexibility index (Phi) is 6.59. The molecule has 0 saturated heterocycles. The molecule has 0 radical (unpaired) electrons. The Morgan fingerprint density at radius 2 is 1.79 bits per heavy atom. The Morgan fingerprint density at radius 3 is 2.33 bits per heavy atom. The van der Waals surface area contributed by atoms with Gasteiger partial charge in [-0.1, -0.05) is 12.1 Å². The van der Waals surface area contributed by atoms with Crippen LogP contribution in [-0.4, -0.2) is 48.9 Å². The summed E-state index contributed by atoms with van der Waals surface area (Å²) in [7, 11) is 0. The van der Waals surface area contributed by atoms with Crippen molar-refractivity contribution in [3.8, 4) is 0 Å². The van der Waals surface area contributed by atoms with Crippen LogP contribution in [0.5, 0.6) is 0 Å². The Morgan fingerprint density at radius 1 is 1.17 bits per heavy atom. The quantitative estimate of drug-likeness (QED) is 0.306. The van der Waals surface area contributed by atoms with E-state index in [2.05, 4.69) is 15.6 Å². The highest BCUT2D eigenvalue weighted by Crippen LogP contribution is 2.28. The van der Waals surface area contributed by atoms with E-state index in [1.807, 2.05) is 6.92 Å². The number of rotatable bonds is 6. The summed E-state index contributed by atoms with van der Waals surface area (Å²) < 4.78 is 0. The number of amides is 2. The van der Waals surface area contributed by atoms with E-state index in [-0.39, 0.29) is 35.8 Å². The fourth-order valence-corrected chi connectivity index (χ4v) is 2.59. The van der Waals surface area contributed by atoms with Crippen molar-refractivity contribution in [1.82, 2.24) is 15.5 Å². The molecule has 0 bridgehead atoms. The number of nitrogens with zero attached hydrogens (tertiary/aromatic N) is 2. The third-order valence-corrected chi connectivity index (χ3v) is 4.05. The molecule has 0 unspecified atom stereocenters. The highest BCUT2D eigenvalue weighted by molar-refractivity contribution is 14.0. The van der Waals surface area contributed by atoms with Crippen LogP contribution in [0.25, 0.3) is 0 Å². The first-order chi connectivity index (χ1) is 11.2. The van der Waals surface area contributed by atoms with Gasteiger partial charge in [0, 0.05) is 26.2 Å². The predicted molar refractivity (Wildman–Crippen MR) is 104 cm³/mol. The predicted octanol–water partition coefficient (Wildman–Crippen LogP) is 1.87. The molecular formula is C17H23IN4O2. The summed E-state index contributed by atoms with van der Waals surface area (Å²) in [6.45, 7) is 4.45. The fraction of sp³-hybridized carbons (Fsp3) is 0.471. The number of imide groups is 1. The summed E-state index contributed by atoms with van der Waals surface area (Å²) >= 11 is 0. The Labute approximate surface area is 159 Å². The first-order valence-electron chi connectivity index (χ1n) is 8.18. The van der Waals surface area contributed by atoms with Gasteiger partial charge in [0.15, 0.2) is 5.96 Å². The van der Waals surface area contributed by atoms with Gasteiger partial charge in [-0.2, -0.15) is 0 Å². The second-order valence-corrected chi connectivity index (χ2v) is 5.90. The molecule has 2 amide bonds. The zero-order valence-electron chi connectivity index (χ0n) is 13.7. The molecule has 24 heavy (non-hydrogen) atoms. The summed E-state index contributed by atoms with van der Waals surface area (Å²) in [5.41, 5.74) is 0.985. The highest BCUT2D eigenvalue weighted by Gasteiger charge is 2.34. The lowest BCUT2D eigenvalue weighted by Crippen LogP contribution is -2.43. The largest absolute Gasteiger partial charge is 0.357 e. The molecule has 7 heteroatoms. The van der Waals surface area contributed by atoms with Gasteiger partial charge in [-0.15, -0.1) is 24.0 Å². The first-order valence-corrected chi connectivity index (χ1v) is 8.18. The van der Waals surface area contributed by atoms with Gasteiger partial charge < -0.3 is 10.6 Å². The maximum atomic E-state index is 12.3. The topological polar surface area (TPSA) is 73.8 Å². The Bertz CT molecular complexity index is 608. The van der Waals surface area contributed by atoms with Crippen LogP contribution >= 0.6 is 24.0 Å². The Hall–Kier alpha value is -1.64. The molecule has 1 saturated carbocycles. The van der Waals surface area contributed by atoms with E-state index < -0.39 is 0 Å². The number of fused-ring (bicyclic) bond motifs is 1. The van der Waals surface area contributed by atoms with Gasteiger partial charge in [0.25, 0.3) is 11.8 Å². The van der Waals surface area contributed by atoms with E-state index in [9.17, 15) is 9.59 Å². The molecule has 1 heterocycles. The molecule has 1 fully saturated rings. The maximum Gasteiger partial charge on any atom is 0.261 e. The van der Waals surface area contributed by atoms with Crippen LogP contribution in [0.3, 0.4) is 0 Å². The van der Waals surface area contributed by atoms with Gasteiger partial charge in [0.2, 0.25) is 0 Å². The van der Waals surface area contributed by atoms with Gasteiger partial charge >= 0.3 is 0 Å². The minimum Gasteiger partial charge on any atom is -0.357 e. The zero-order valence-corrected chi connectivity index (χ0v) is 16.1. The van der Waals surface area contributed by atoms with E-state index in [4.69, 9.17) is 0 Å². The molecule has 1 aliphatic carbocycles. The third kappa shape index (κ3) is 4.25. The summed E-state index contributed by atoms with van der Waals surface area (Å²) in [6.07, 6.45) is 2.52. The van der Waals surface area contributed by atoms with Crippen molar-refractivity contribution in [3.05, 3.63) is 35.4 Å². The average Bonchev–Trinajstić information content (AvgIpc) is 3.36. The fourth-order valence-electron chi connectivity index (χ4n) is 2.59. The first kappa shape index (κ1) is 18.7. The van der Waals surface area contributed by atoms with Crippen LogP contribution in [0.2, 0.25) is 0 Å². The minimum atomic E-state index is -0.215. The van der Waals surface area contributed by atoms with Gasteiger partial charge in [-0.05, 0) is 37.8 Å². The van der Waals surface area contributed by atoms with Crippen LogP contribution in [0.4, 0.5) is 0 Å². The minimum absolute atomic E-state index is 0. The second kappa shape index (κ2) is 8.46. The van der Waals surface area contributed by atoms with Gasteiger partial charge in [0.05, 0.1) is 11.1 Å². The molecule has 6 nitrogen and oxygen atoms in total. The van der Waals surface area contributed by atoms with Crippen molar-refractivity contribution < 1.29 is 9.59 Å². The lowest BCUT2D eigenvalue weighted by atomic mass is 10.1. The number of nitrogens with one attached hydrogen (secondary N) is 2. The van der Waals surface area contributed by atoms with E-state index in [0.717, 1.165) is 25.0 Å². The summed E-state index contributed by atoms with van der Waals surface area (Å²) in [4.78, 5) is 30.3. The van der Waals surface area contributed by atoms with Crippen LogP contribution in [0.15, 0.2) is 29.3 Å². The number of benzene rings is 1. The number of hydrogen-bond acceptors (Lipinski definition) is 3. The third-order valence-electron chi connectivity index (χ3n) is 4.05. The molecular weight excluding hydrogens is 419 g/mol. The lowest BCUT2D eigenvalue weighted by molar-refractivity contribution is 0.0657. The summed E-state index contributed by atoms with van der Waals surface area (Å²) in [5.74, 6) is 1.04. The van der Waals surface area contributed by atoms with Gasteiger partial charge in [-0.25, -0.2) is 0 Å². The number of hydrogen-bond donors (Lipinski definition) is 2. The lowest BCUT2D eigenvalue weighted by Gasteiger charge is -2.16. The van der Waals surface area contributed by atoms with E-state index in [1.165, 1.54) is 17.7 Å². The second-order valence-electron chi connectivity index (χ2n) is 5.90. The molecule has 1 aromatic rings. The molecule has 1 aliphatic heterocycles. The molecule has 130 valence electrons. The van der Waals surface area contributed by atoms with Crippen LogP contribution in [-0.2, 0) is 0 Å². The SMILES string of the molecule is CCNC(=NCC1CC1)NCCN1C(=O)c2ccccc2C1=O.I. The van der Waals surface area contributed by atoms with Crippen LogP contribution < -0.4 is 10.6 Å². The number of guanidine groups is 1. The monoisotopic (exact) mass is 442 g/mol. The zero-order chi connectivity index (χ0) is 16.2. The van der Waals surface area contributed by atoms with Crippen molar-refractivity contribution in [2.45, 2.75) is 19.8 Å².